The van der Waals surface area contributed by atoms with E-state index >= 15 is 0 Å². The highest BCUT2D eigenvalue weighted by Gasteiger charge is 2.19. The van der Waals surface area contributed by atoms with Crippen LogP contribution in [0.25, 0.3) is 0 Å². The lowest BCUT2D eigenvalue weighted by molar-refractivity contribution is 0.0980. The maximum absolute atomic E-state index is 12.5. The van der Waals surface area contributed by atoms with Crippen LogP contribution < -0.4 is 4.74 Å². The molecule has 0 saturated carbocycles. The molecule has 1 heterocycles. The van der Waals surface area contributed by atoms with E-state index in [2.05, 4.69) is 21.0 Å². The van der Waals surface area contributed by atoms with E-state index in [1.54, 1.807) is 18.0 Å². The zero-order valence-electron chi connectivity index (χ0n) is 11.8. The summed E-state index contributed by atoms with van der Waals surface area (Å²) in [5, 5.41) is 4.24. The van der Waals surface area contributed by atoms with E-state index in [0.29, 0.717) is 12.1 Å². The van der Waals surface area contributed by atoms with E-state index in [-0.39, 0.29) is 11.8 Å². The fourth-order valence-corrected chi connectivity index (χ4v) is 2.54. The first-order valence-corrected chi connectivity index (χ1v) is 7.21. The van der Waals surface area contributed by atoms with Gasteiger partial charge in [-0.2, -0.15) is 5.10 Å². The van der Waals surface area contributed by atoms with Gasteiger partial charge in [0.25, 0.3) is 0 Å². The fraction of sp³-hybridized carbons (Fsp3) is 0.333. The second kappa shape index (κ2) is 6.22. The van der Waals surface area contributed by atoms with Gasteiger partial charge in [-0.25, -0.2) is 0 Å². The molecule has 1 aromatic carbocycles. The largest absolute Gasteiger partial charge is 0.497 e. The van der Waals surface area contributed by atoms with Crippen LogP contribution in [-0.4, -0.2) is 22.7 Å². The Hall–Kier alpha value is -1.62. The van der Waals surface area contributed by atoms with Crippen molar-refractivity contribution in [2.24, 2.45) is 0 Å². The molecule has 0 unspecified atom stereocenters. The van der Waals surface area contributed by atoms with Gasteiger partial charge < -0.3 is 4.74 Å². The Balaban J connectivity index is 2.26. The number of rotatable bonds is 5. The molecule has 0 saturated heterocycles. The number of methoxy groups -OCH3 is 1. The third-order valence-electron chi connectivity index (χ3n) is 3.00. The van der Waals surface area contributed by atoms with Gasteiger partial charge in [0, 0.05) is 12.5 Å². The normalized spacial score (nSPS) is 10.8. The molecular formula is C15H17BrN2O2. The van der Waals surface area contributed by atoms with Crippen LogP contribution in [-0.2, 0) is 6.42 Å². The van der Waals surface area contributed by atoms with Crippen molar-refractivity contribution in [2.45, 2.75) is 26.3 Å². The number of nitrogens with zero attached hydrogens (tertiary/aromatic N) is 2. The Morgan fingerprint density at radius 1 is 1.45 bits per heavy atom. The quantitative estimate of drug-likeness (QED) is 0.782. The fourth-order valence-electron chi connectivity index (χ4n) is 2.05. The van der Waals surface area contributed by atoms with Crippen LogP contribution in [0, 0.1) is 0 Å². The molecule has 0 amide bonds. The van der Waals surface area contributed by atoms with Gasteiger partial charge >= 0.3 is 0 Å². The number of Topliss-reactive ketones (excluding diaryl/α,β-unsaturated/α-hetero) is 1. The molecule has 0 radical (unpaired) electrons. The van der Waals surface area contributed by atoms with Gasteiger partial charge in [-0.15, -0.1) is 0 Å². The van der Waals surface area contributed by atoms with Crippen LogP contribution in [0.3, 0.4) is 0 Å². The maximum Gasteiger partial charge on any atom is 0.186 e. The number of carbonyl (C=O) groups excluding carboxylic acids is 1. The Morgan fingerprint density at radius 2 is 2.20 bits per heavy atom. The molecule has 0 aliphatic rings. The summed E-state index contributed by atoms with van der Waals surface area (Å²) in [6.07, 6.45) is 1.99. The zero-order chi connectivity index (χ0) is 14.7. The highest BCUT2D eigenvalue weighted by atomic mass is 79.9. The van der Waals surface area contributed by atoms with Crippen LogP contribution in [0.2, 0.25) is 0 Å². The molecule has 20 heavy (non-hydrogen) atoms. The van der Waals surface area contributed by atoms with Gasteiger partial charge in [0.1, 0.15) is 11.4 Å². The average molecular weight is 337 g/mol. The number of aromatic nitrogens is 2. The predicted molar refractivity (Wildman–Crippen MR) is 81.3 cm³/mol. The van der Waals surface area contributed by atoms with E-state index in [9.17, 15) is 4.79 Å². The third kappa shape index (κ3) is 3.10. The molecule has 0 atom stereocenters. The summed E-state index contributed by atoms with van der Waals surface area (Å²) in [4.78, 5) is 12.5. The lowest BCUT2D eigenvalue weighted by Crippen LogP contribution is -2.14. The summed E-state index contributed by atoms with van der Waals surface area (Å²) in [6.45, 7) is 4.00. The number of benzene rings is 1. The number of carbonyl (C=O) groups is 1. The molecule has 0 fully saturated rings. The predicted octanol–water partition coefficient (Wildman–Crippen LogP) is 3.66. The van der Waals surface area contributed by atoms with E-state index in [1.807, 2.05) is 38.1 Å². The van der Waals surface area contributed by atoms with Crippen LogP contribution >= 0.6 is 15.9 Å². The monoisotopic (exact) mass is 336 g/mol. The minimum Gasteiger partial charge on any atom is -0.497 e. The minimum absolute atomic E-state index is 0.0383. The smallest absolute Gasteiger partial charge is 0.186 e. The molecule has 0 N–H and O–H groups in total. The number of hydrogen-bond acceptors (Lipinski definition) is 3. The highest BCUT2D eigenvalue weighted by molar-refractivity contribution is 9.10. The number of halogens is 1. The molecule has 2 aromatic rings. The first kappa shape index (κ1) is 14.8. The first-order chi connectivity index (χ1) is 9.52. The van der Waals surface area contributed by atoms with Crippen molar-refractivity contribution in [2.75, 3.05) is 7.11 Å². The van der Waals surface area contributed by atoms with Crippen molar-refractivity contribution in [3.63, 3.8) is 0 Å². The van der Waals surface area contributed by atoms with Crippen LogP contribution in [0.4, 0.5) is 0 Å². The van der Waals surface area contributed by atoms with Crippen LogP contribution in [0.5, 0.6) is 5.75 Å². The Labute approximate surface area is 126 Å². The van der Waals surface area contributed by atoms with Crippen LogP contribution in [0.1, 0.15) is 35.9 Å². The lowest BCUT2D eigenvalue weighted by Gasteiger charge is -2.11. The highest BCUT2D eigenvalue weighted by Crippen LogP contribution is 2.22. The molecule has 106 valence electrons. The number of ether oxygens (including phenoxy) is 1. The standard InChI is InChI=1S/C15H17BrN2O2/c1-10(2)18-15(13(16)9-17-18)14(19)8-11-5-4-6-12(7-11)20-3/h4-7,9-10H,8H2,1-3H3. The summed E-state index contributed by atoms with van der Waals surface area (Å²) in [6, 6.07) is 7.69. The molecule has 0 aliphatic carbocycles. The first-order valence-electron chi connectivity index (χ1n) is 6.42. The van der Waals surface area contributed by atoms with E-state index < -0.39 is 0 Å². The van der Waals surface area contributed by atoms with Gasteiger partial charge in [0.2, 0.25) is 0 Å². The van der Waals surface area contributed by atoms with E-state index in [1.165, 1.54) is 0 Å². The molecule has 2 rings (SSSR count). The summed E-state index contributed by atoms with van der Waals surface area (Å²) >= 11 is 3.40. The topological polar surface area (TPSA) is 44.1 Å². The van der Waals surface area contributed by atoms with Crippen molar-refractivity contribution in [3.8, 4) is 5.75 Å². The van der Waals surface area contributed by atoms with Crippen molar-refractivity contribution in [1.82, 2.24) is 9.78 Å². The van der Waals surface area contributed by atoms with Crippen LogP contribution in [0.15, 0.2) is 34.9 Å². The van der Waals surface area contributed by atoms with Gasteiger partial charge in [-0.3, -0.25) is 9.48 Å². The zero-order valence-corrected chi connectivity index (χ0v) is 13.3. The van der Waals surface area contributed by atoms with Gasteiger partial charge in [0.05, 0.1) is 17.8 Å². The SMILES string of the molecule is COc1cccc(CC(=O)c2c(Br)cnn2C(C)C)c1. The molecule has 1 aromatic heterocycles. The van der Waals surface area contributed by atoms with Gasteiger partial charge in [0.15, 0.2) is 5.78 Å². The number of hydrogen-bond donors (Lipinski definition) is 0. The molecule has 0 aliphatic heterocycles. The summed E-state index contributed by atoms with van der Waals surface area (Å²) in [5.41, 5.74) is 1.54. The third-order valence-corrected chi connectivity index (χ3v) is 3.58. The Bertz CT molecular complexity index is 620. The molecule has 5 heteroatoms. The molecule has 0 bridgehead atoms. The molecule has 4 nitrogen and oxygen atoms in total. The van der Waals surface area contributed by atoms with Crippen molar-refractivity contribution in [1.29, 1.82) is 0 Å². The second-order valence-electron chi connectivity index (χ2n) is 4.83. The molecular weight excluding hydrogens is 320 g/mol. The summed E-state index contributed by atoms with van der Waals surface area (Å²) in [7, 11) is 1.62. The van der Waals surface area contributed by atoms with E-state index in [0.717, 1.165) is 15.8 Å². The van der Waals surface area contributed by atoms with Gasteiger partial charge in [-0.1, -0.05) is 12.1 Å². The average Bonchev–Trinajstić information content (AvgIpc) is 2.81. The van der Waals surface area contributed by atoms with Crippen molar-refractivity contribution < 1.29 is 9.53 Å². The Morgan fingerprint density at radius 3 is 2.85 bits per heavy atom. The van der Waals surface area contributed by atoms with Gasteiger partial charge in [-0.05, 0) is 47.5 Å². The number of ketones is 1. The summed E-state index contributed by atoms with van der Waals surface area (Å²) < 4.78 is 7.65. The van der Waals surface area contributed by atoms with Crippen molar-refractivity contribution >= 4 is 21.7 Å². The van der Waals surface area contributed by atoms with Crippen molar-refractivity contribution in [3.05, 3.63) is 46.2 Å². The maximum atomic E-state index is 12.5. The van der Waals surface area contributed by atoms with E-state index in [4.69, 9.17) is 4.74 Å². The minimum atomic E-state index is 0.0383. The summed E-state index contributed by atoms with van der Waals surface area (Å²) in [5.74, 6) is 0.795. The Kier molecular flexibility index (Phi) is 4.60. The lowest BCUT2D eigenvalue weighted by atomic mass is 10.1. The molecule has 0 spiro atoms. The second-order valence-corrected chi connectivity index (χ2v) is 5.69.